The van der Waals surface area contributed by atoms with Gasteiger partial charge in [0.1, 0.15) is 11.4 Å². The van der Waals surface area contributed by atoms with E-state index in [9.17, 15) is 4.79 Å². The highest BCUT2D eigenvalue weighted by atomic mass is 16.5. The lowest BCUT2D eigenvalue weighted by Gasteiger charge is -2.34. The largest absolute Gasteiger partial charge is 0.493 e. The van der Waals surface area contributed by atoms with Crippen molar-refractivity contribution in [3.8, 4) is 5.75 Å². The molecule has 0 spiro atoms. The molecule has 1 aromatic carbocycles. The molecule has 0 radical (unpaired) electrons. The lowest BCUT2D eigenvalue weighted by Crippen LogP contribution is -2.48. The number of carbonyl (C=O) groups is 1. The molecule has 0 saturated carbocycles. The zero-order chi connectivity index (χ0) is 18.5. The molecule has 3 rings (SSSR count). The summed E-state index contributed by atoms with van der Waals surface area (Å²) in [6.07, 6.45) is 0. The summed E-state index contributed by atoms with van der Waals surface area (Å²) in [7, 11) is 1.68. The van der Waals surface area contributed by atoms with Gasteiger partial charge in [-0.1, -0.05) is 13.0 Å². The minimum absolute atomic E-state index is 0.0931. The van der Waals surface area contributed by atoms with Gasteiger partial charge >= 0.3 is 0 Å². The summed E-state index contributed by atoms with van der Waals surface area (Å²) in [5.74, 6) is 0.918. The summed E-state index contributed by atoms with van der Waals surface area (Å²) in [5.41, 5.74) is 1.73. The van der Waals surface area contributed by atoms with Gasteiger partial charge in [-0.3, -0.25) is 4.79 Å². The Morgan fingerprint density at radius 1 is 1.15 bits per heavy atom. The minimum Gasteiger partial charge on any atom is -0.493 e. The van der Waals surface area contributed by atoms with E-state index in [0.717, 1.165) is 49.4 Å². The van der Waals surface area contributed by atoms with Crippen LogP contribution in [0, 0.1) is 0 Å². The smallest absolute Gasteiger partial charge is 0.270 e. The van der Waals surface area contributed by atoms with Crippen LogP contribution in [0.3, 0.4) is 0 Å². The van der Waals surface area contributed by atoms with Crippen molar-refractivity contribution < 1.29 is 14.3 Å². The average Bonchev–Trinajstić information content (AvgIpc) is 3.05. The van der Waals surface area contributed by atoms with E-state index in [1.807, 2.05) is 36.1 Å². The maximum absolute atomic E-state index is 13.2. The number of hydrogen-bond acceptors (Lipinski definition) is 4. The van der Waals surface area contributed by atoms with E-state index >= 15 is 0 Å². The second-order valence-corrected chi connectivity index (χ2v) is 6.52. The van der Waals surface area contributed by atoms with Crippen molar-refractivity contribution in [2.24, 2.45) is 0 Å². The van der Waals surface area contributed by atoms with E-state index in [4.69, 9.17) is 9.47 Å². The first-order chi connectivity index (χ1) is 12.7. The van der Waals surface area contributed by atoms with Crippen molar-refractivity contribution in [2.75, 3.05) is 53.0 Å². The van der Waals surface area contributed by atoms with Crippen LogP contribution in [0.4, 0.5) is 0 Å². The molecule has 1 aromatic heterocycles. The van der Waals surface area contributed by atoms with Crippen molar-refractivity contribution >= 4 is 16.8 Å². The molecule has 0 N–H and O–H groups in total. The first kappa shape index (κ1) is 18.7. The fourth-order valence-electron chi connectivity index (χ4n) is 3.57. The fraction of sp³-hybridized carbons (Fsp3) is 0.550. The molecule has 0 bridgehead atoms. The molecule has 0 unspecified atom stereocenters. The molecular weight excluding hydrogens is 330 g/mol. The topological polar surface area (TPSA) is 46.9 Å². The molecule has 26 heavy (non-hydrogen) atoms. The standard InChI is InChI=1S/C20H29N3O3/c1-4-21-9-11-22(12-10-21)20(24)18-15-16-17(23(18)13-14-25-3)7-6-8-19(16)26-5-2/h6-8,15H,4-5,9-14H2,1-3H3. The van der Waals surface area contributed by atoms with Gasteiger partial charge in [0.15, 0.2) is 0 Å². The van der Waals surface area contributed by atoms with E-state index in [1.165, 1.54) is 0 Å². The van der Waals surface area contributed by atoms with Crippen molar-refractivity contribution in [2.45, 2.75) is 20.4 Å². The highest BCUT2D eigenvalue weighted by Gasteiger charge is 2.25. The summed E-state index contributed by atoms with van der Waals surface area (Å²) < 4.78 is 13.1. The Hall–Kier alpha value is -2.05. The van der Waals surface area contributed by atoms with Gasteiger partial charge in [0, 0.05) is 45.2 Å². The maximum atomic E-state index is 13.2. The van der Waals surface area contributed by atoms with Crippen LogP contribution in [0.2, 0.25) is 0 Å². The number of hydrogen-bond donors (Lipinski definition) is 0. The lowest BCUT2D eigenvalue weighted by atomic mass is 10.2. The highest BCUT2D eigenvalue weighted by Crippen LogP contribution is 2.30. The molecule has 142 valence electrons. The van der Waals surface area contributed by atoms with Crippen molar-refractivity contribution in [1.82, 2.24) is 14.4 Å². The number of aromatic nitrogens is 1. The number of methoxy groups -OCH3 is 1. The summed E-state index contributed by atoms with van der Waals surface area (Å²) >= 11 is 0. The van der Waals surface area contributed by atoms with Crippen LogP contribution >= 0.6 is 0 Å². The predicted molar refractivity (Wildman–Crippen MR) is 103 cm³/mol. The van der Waals surface area contributed by atoms with Crippen LogP contribution in [0.15, 0.2) is 24.3 Å². The van der Waals surface area contributed by atoms with Crippen LogP contribution < -0.4 is 4.74 Å². The molecule has 6 nitrogen and oxygen atoms in total. The number of carbonyl (C=O) groups excluding carboxylic acids is 1. The van der Waals surface area contributed by atoms with Crippen LogP contribution in [-0.2, 0) is 11.3 Å². The number of likely N-dealkylation sites (N-methyl/N-ethyl adjacent to an activating group) is 1. The molecule has 2 aromatic rings. The normalized spacial score (nSPS) is 15.6. The molecule has 6 heteroatoms. The number of nitrogens with zero attached hydrogens (tertiary/aromatic N) is 3. The lowest BCUT2D eigenvalue weighted by molar-refractivity contribution is 0.0631. The number of benzene rings is 1. The number of piperazine rings is 1. The number of rotatable bonds is 7. The molecule has 0 atom stereocenters. The SMILES string of the molecule is CCOc1cccc2c1cc(C(=O)N1CCN(CC)CC1)n2CCOC. The van der Waals surface area contributed by atoms with Crippen molar-refractivity contribution in [1.29, 1.82) is 0 Å². The van der Waals surface area contributed by atoms with E-state index in [2.05, 4.69) is 16.4 Å². The first-order valence-electron chi connectivity index (χ1n) is 9.45. The van der Waals surface area contributed by atoms with Crippen molar-refractivity contribution in [3.05, 3.63) is 30.0 Å². The Morgan fingerprint density at radius 2 is 1.92 bits per heavy atom. The van der Waals surface area contributed by atoms with Gasteiger partial charge in [-0.15, -0.1) is 0 Å². The van der Waals surface area contributed by atoms with E-state index in [1.54, 1.807) is 7.11 Å². The Labute approximate surface area is 155 Å². The third-order valence-electron chi connectivity index (χ3n) is 5.05. The van der Waals surface area contributed by atoms with Gasteiger partial charge in [-0.2, -0.15) is 0 Å². The predicted octanol–water partition coefficient (Wildman–Crippen LogP) is 2.46. The summed E-state index contributed by atoms with van der Waals surface area (Å²) in [6.45, 7) is 10.4. The van der Waals surface area contributed by atoms with Gasteiger partial charge in [-0.25, -0.2) is 0 Å². The molecule has 2 heterocycles. The summed E-state index contributed by atoms with van der Waals surface area (Å²) in [6, 6.07) is 7.95. The highest BCUT2D eigenvalue weighted by molar-refractivity contribution is 6.00. The third-order valence-corrected chi connectivity index (χ3v) is 5.05. The zero-order valence-corrected chi connectivity index (χ0v) is 16.0. The number of fused-ring (bicyclic) bond motifs is 1. The van der Waals surface area contributed by atoms with Crippen LogP contribution in [0.1, 0.15) is 24.3 Å². The van der Waals surface area contributed by atoms with Crippen LogP contribution in [0.5, 0.6) is 5.75 Å². The summed E-state index contributed by atoms with van der Waals surface area (Å²) in [5, 5.41) is 0.987. The van der Waals surface area contributed by atoms with Gasteiger partial charge in [0.2, 0.25) is 0 Å². The van der Waals surface area contributed by atoms with E-state index in [0.29, 0.717) is 25.5 Å². The average molecular weight is 359 g/mol. The van der Waals surface area contributed by atoms with Gasteiger partial charge in [0.05, 0.1) is 18.7 Å². The number of amides is 1. The molecule has 1 amide bonds. The fourth-order valence-corrected chi connectivity index (χ4v) is 3.57. The zero-order valence-electron chi connectivity index (χ0n) is 16.0. The number of ether oxygens (including phenoxy) is 2. The molecule has 1 aliphatic heterocycles. The molecule has 0 aliphatic carbocycles. The molecule has 1 fully saturated rings. The van der Waals surface area contributed by atoms with Gasteiger partial charge in [0.25, 0.3) is 5.91 Å². The maximum Gasteiger partial charge on any atom is 0.270 e. The Balaban J connectivity index is 1.95. The van der Waals surface area contributed by atoms with Crippen molar-refractivity contribution in [3.63, 3.8) is 0 Å². The Morgan fingerprint density at radius 3 is 2.58 bits per heavy atom. The third kappa shape index (κ3) is 3.71. The van der Waals surface area contributed by atoms with Gasteiger partial charge in [-0.05, 0) is 31.7 Å². The Bertz CT molecular complexity index is 748. The van der Waals surface area contributed by atoms with Crippen LogP contribution in [-0.4, -0.2) is 73.3 Å². The summed E-state index contributed by atoms with van der Waals surface area (Å²) in [4.78, 5) is 17.6. The Kier molecular flexibility index (Phi) is 6.16. The minimum atomic E-state index is 0.0931. The van der Waals surface area contributed by atoms with Gasteiger partial charge < -0.3 is 23.8 Å². The first-order valence-corrected chi connectivity index (χ1v) is 9.45. The molecule has 1 aliphatic rings. The molecular formula is C20H29N3O3. The quantitative estimate of drug-likeness (QED) is 0.762. The van der Waals surface area contributed by atoms with E-state index in [-0.39, 0.29) is 5.91 Å². The monoisotopic (exact) mass is 359 g/mol. The molecule has 1 saturated heterocycles. The second-order valence-electron chi connectivity index (χ2n) is 6.52. The second kappa shape index (κ2) is 8.56. The van der Waals surface area contributed by atoms with E-state index < -0.39 is 0 Å². The van der Waals surface area contributed by atoms with Crippen LogP contribution in [0.25, 0.3) is 10.9 Å².